The molecule has 0 saturated carbocycles. The fourth-order valence-electron chi connectivity index (χ4n) is 0.434. The van der Waals surface area contributed by atoms with E-state index in [9.17, 15) is 13.2 Å². The fraction of sp³-hybridized carbons (Fsp3) is 0.833. The summed E-state index contributed by atoms with van der Waals surface area (Å²) in [5.41, 5.74) is 0. The molecule has 1 atom stereocenters. The second kappa shape index (κ2) is 3.71. The highest BCUT2D eigenvalue weighted by Gasteiger charge is 2.24. The lowest BCUT2D eigenvalue weighted by molar-refractivity contribution is -0.142. The third kappa shape index (κ3) is 3.36. The molecule has 0 aliphatic carbocycles. The van der Waals surface area contributed by atoms with Gasteiger partial charge in [0.05, 0.1) is 6.61 Å². The molecular weight excluding hydrogens is 168 g/mol. The van der Waals surface area contributed by atoms with Crippen molar-refractivity contribution in [1.29, 1.82) is 0 Å². The molecule has 0 amide bonds. The summed E-state index contributed by atoms with van der Waals surface area (Å²) in [7, 11) is -3.30. The Hall–Kier alpha value is -0.580. The van der Waals surface area contributed by atoms with Crippen molar-refractivity contribution in [2.45, 2.75) is 19.1 Å². The van der Waals surface area contributed by atoms with Crippen molar-refractivity contribution >= 4 is 15.8 Å². The van der Waals surface area contributed by atoms with Crippen molar-refractivity contribution in [3.05, 3.63) is 0 Å². The number of ether oxygens (including phenoxy) is 1. The molecule has 0 aromatic rings. The molecule has 66 valence electrons. The maximum Gasteiger partial charge on any atom is 0.323 e. The molecule has 0 heterocycles. The molecule has 0 unspecified atom stereocenters. The quantitative estimate of drug-likeness (QED) is 0.573. The first-order chi connectivity index (χ1) is 4.89. The normalized spacial score (nSPS) is 14.1. The smallest absolute Gasteiger partial charge is 0.323 e. The van der Waals surface area contributed by atoms with Crippen molar-refractivity contribution in [1.82, 2.24) is 0 Å². The molecule has 0 radical (unpaired) electrons. The largest absolute Gasteiger partial charge is 0.465 e. The molecule has 0 rings (SSSR count). The van der Waals surface area contributed by atoms with Gasteiger partial charge in [-0.1, -0.05) is 0 Å². The van der Waals surface area contributed by atoms with Crippen LogP contribution in [0.3, 0.4) is 0 Å². The predicted octanol–water partition coefficient (Wildman–Crippen LogP) is -0.0174. The van der Waals surface area contributed by atoms with E-state index >= 15 is 0 Å². The molecule has 11 heavy (non-hydrogen) atoms. The van der Waals surface area contributed by atoms with Crippen molar-refractivity contribution in [3.63, 3.8) is 0 Å². The van der Waals surface area contributed by atoms with E-state index < -0.39 is 21.1 Å². The van der Waals surface area contributed by atoms with Crippen LogP contribution in [0.5, 0.6) is 0 Å². The van der Waals surface area contributed by atoms with Gasteiger partial charge in [-0.3, -0.25) is 4.79 Å². The molecule has 0 aromatic carbocycles. The zero-order valence-electron chi connectivity index (χ0n) is 6.83. The van der Waals surface area contributed by atoms with E-state index in [0.717, 1.165) is 6.26 Å². The highest BCUT2D eigenvalue weighted by atomic mass is 32.2. The molecular formula is C6H12O4S. The average molecular weight is 180 g/mol. The topological polar surface area (TPSA) is 60.4 Å². The molecule has 0 spiro atoms. The fourth-order valence-corrected chi connectivity index (χ4v) is 0.852. The second-order valence-corrected chi connectivity index (χ2v) is 4.59. The van der Waals surface area contributed by atoms with Crippen LogP contribution < -0.4 is 0 Å². The van der Waals surface area contributed by atoms with Crippen LogP contribution in [0.4, 0.5) is 0 Å². The number of hydrogen-bond donors (Lipinski definition) is 0. The molecule has 4 nitrogen and oxygen atoms in total. The van der Waals surface area contributed by atoms with Gasteiger partial charge in [0.25, 0.3) is 0 Å². The standard InChI is InChI=1S/C6H12O4S/c1-4-10-6(7)5(2)11(3,8)9/h5H,4H2,1-3H3/t5-/m0/s1. The van der Waals surface area contributed by atoms with E-state index in [-0.39, 0.29) is 6.61 Å². The van der Waals surface area contributed by atoms with Gasteiger partial charge < -0.3 is 4.74 Å². The number of sulfone groups is 1. The third-order valence-electron chi connectivity index (χ3n) is 1.26. The Labute approximate surface area is 66.5 Å². The first-order valence-electron chi connectivity index (χ1n) is 3.25. The highest BCUT2D eigenvalue weighted by molar-refractivity contribution is 7.92. The summed E-state index contributed by atoms with van der Waals surface area (Å²) in [5, 5.41) is -1.05. The van der Waals surface area contributed by atoms with Gasteiger partial charge >= 0.3 is 5.97 Å². The van der Waals surface area contributed by atoms with E-state index in [1.807, 2.05) is 0 Å². The summed E-state index contributed by atoms with van der Waals surface area (Å²) in [6, 6.07) is 0. The summed E-state index contributed by atoms with van der Waals surface area (Å²) in [5.74, 6) is -0.685. The van der Waals surface area contributed by atoms with Crippen LogP contribution >= 0.6 is 0 Å². The number of carbonyl (C=O) groups is 1. The lowest BCUT2D eigenvalue weighted by atomic mass is 10.5. The van der Waals surface area contributed by atoms with E-state index in [2.05, 4.69) is 4.74 Å². The van der Waals surface area contributed by atoms with Crippen LogP contribution in [0.15, 0.2) is 0 Å². The first-order valence-corrected chi connectivity index (χ1v) is 5.20. The first kappa shape index (κ1) is 10.4. The van der Waals surface area contributed by atoms with Gasteiger partial charge in [0.1, 0.15) is 0 Å². The van der Waals surface area contributed by atoms with Crippen LogP contribution in [-0.2, 0) is 19.4 Å². The predicted molar refractivity (Wildman–Crippen MR) is 40.9 cm³/mol. The van der Waals surface area contributed by atoms with Crippen molar-refractivity contribution in [3.8, 4) is 0 Å². The van der Waals surface area contributed by atoms with Crippen LogP contribution in [-0.4, -0.2) is 32.5 Å². The lowest BCUT2D eigenvalue weighted by Crippen LogP contribution is -2.28. The van der Waals surface area contributed by atoms with Gasteiger partial charge in [-0.25, -0.2) is 8.42 Å². The average Bonchev–Trinajstić information content (AvgIpc) is 1.85. The number of hydrogen-bond acceptors (Lipinski definition) is 4. The van der Waals surface area contributed by atoms with Gasteiger partial charge in [0.2, 0.25) is 0 Å². The SMILES string of the molecule is CCOC(=O)[C@H](C)S(C)(=O)=O. The van der Waals surface area contributed by atoms with Crippen LogP contribution in [0.1, 0.15) is 13.8 Å². The van der Waals surface area contributed by atoms with Crippen molar-refractivity contribution < 1.29 is 17.9 Å². The minimum absolute atomic E-state index is 0.207. The van der Waals surface area contributed by atoms with Crippen molar-refractivity contribution in [2.24, 2.45) is 0 Å². The van der Waals surface area contributed by atoms with E-state index in [1.165, 1.54) is 6.92 Å². The summed E-state index contributed by atoms with van der Waals surface area (Å²) in [4.78, 5) is 10.8. The van der Waals surface area contributed by atoms with E-state index in [0.29, 0.717) is 0 Å². The number of esters is 1. The van der Waals surface area contributed by atoms with E-state index in [4.69, 9.17) is 0 Å². The Morgan fingerprint density at radius 3 is 2.27 bits per heavy atom. The third-order valence-corrected chi connectivity index (χ3v) is 2.74. The summed E-state index contributed by atoms with van der Waals surface area (Å²) < 4.78 is 26.0. The Bertz CT molecular complexity index is 229. The molecule has 0 bridgehead atoms. The molecule has 0 N–H and O–H groups in total. The maximum absolute atomic E-state index is 10.8. The second-order valence-electron chi connectivity index (χ2n) is 2.22. The monoisotopic (exact) mass is 180 g/mol. The summed E-state index contributed by atoms with van der Waals surface area (Å²) in [6.45, 7) is 3.15. The van der Waals surface area contributed by atoms with Crippen LogP contribution in [0.25, 0.3) is 0 Å². The molecule has 0 aromatic heterocycles. The Morgan fingerprint density at radius 1 is 1.55 bits per heavy atom. The van der Waals surface area contributed by atoms with Crippen LogP contribution in [0.2, 0.25) is 0 Å². The molecule has 5 heteroatoms. The van der Waals surface area contributed by atoms with E-state index in [1.54, 1.807) is 6.92 Å². The summed E-state index contributed by atoms with van der Waals surface area (Å²) >= 11 is 0. The van der Waals surface area contributed by atoms with Gasteiger partial charge in [0, 0.05) is 6.26 Å². The maximum atomic E-state index is 10.8. The Morgan fingerprint density at radius 2 is 2.00 bits per heavy atom. The van der Waals surface area contributed by atoms with Gasteiger partial charge in [0.15, 0.2) is 15.1 Å². The minimum Gasteiger partial charge on any atom is -0.465 e. The van der Waals surface area contributed by atoms with Gasteiger partial charge in [-0.2, -0.15) is 0 Å². The zero-order valence-corrected chi connectivity index (χ0v) is 7.64. The number of carbonyl (C=O) groups excluding carboxylic acids is 1. The van der Waals surface area contributed by atoms with Crippen LogP contribution in [0, 0.1) is 0 Å². The molecule has 0 aliphatic rings. The van der Waals surface area contributed by atoms with Gasteiger partial charge in [-0.05, 0) is 13.8 Å². The Balaban J connectivity index is 4.27. The minimum atomic E-state index is -3.30. The Kier molecular flexibility index (Phi) is 3.51. The molecule has 0 fully saturated rings. The summed E-state index contributed by atoms with van der Waals surface area (Å²) in [6.07, 6.45) is 1.01. The van der Waals surface area contributed by atoms with Gasteiger partial charge in [-0.15, -0.1) is 0 Å². The molecule has 0 aliphatic heterocycles. The highest BCUT2D eigenvalue weighted by Crippen LogP contribution is 1.99. The lowest BCUT2D eigenvalue weighted by Gasteiger charge is -2.06. The van der Waals surface area contributed by atoms with Crippen molar-refractivity contribution in [2.75, 3.05) is 12.9 Å². The molecule has 0 saturated heterocycles. The number of rotatable bonds is 3. The zero-order chi connectivity index (χ0) is 9.07.